The highest BCUT2D eigenvalue weighted by molar-refractivity contribution is 6.01. The summed E-state index contributed by atoms with van der Waals surface area (Å²) in [5.74, 6) is 0.0338. The van der Waals surface area contributed by atoms with E-state index in [0.29, 0.717) is 24.9 Å². The van der Waals surface area contributed by atoms with E-state index in [-0.39, 0.29) is 46.4 Å². The number of carbonyl (C=O) groups is 3. The van der Waals surface area contributed by atoms with Crippen molar-refractivity contribution < 1.29 is 39.2 Å². The summed E-state index contributed by atoms with van der Waals surface area (Å²) < 4.78 is 12.7. The number of amides is 1. The molecule has 1 saturated heterocycles. The highest BCUT2D eigenvalue weighted by Gasteiger charge is 2.75. The summed E-state index contributed by atoms with van der Waals surface area (Å²) in [5, 5.41) is 32.9. The quantitative estimate of drug-likeness (QED) is 0.408. The number of allylic oxidation sites excluding steroid dienone is 4. The first-order valence-electron chi connectivity index (χ1n) is 15.1. The second kappa shape index (κ2) is 11.3. The molecule has 9 nitrogen and oxygen atoms in total. The number of ketones is 2. The average molecular weight is 582 g/mol. The van der Waals surface area contributed by atoms with Gasteiger partial charge in [-0.2, -0.15) is 0 Å². The van der Waals surface area contributed by atoms with Crippen molar-refractivity contribution in [2.75, 3.05) is 11.9 Å². The number of aliphatic hydroxyl groups excluding tert-OH is 2. The second-order valence-electron chi connectivity index (χ2n) is 13.0. The lowest BCUT2D eigenvalue weighted by atomic mass is 9.46. The zero-order chi connectivity index (χ0) is 30.4. The molecule has 3 saturated carbocycles. The number of hydrogen-bond donors (Lipinski definition) is 4. The van der Waals surface area contributed by atoms with Crippen LogP contribution in [0.1, 0.15) is 66.2 Å². The topological polar surface area (TPSA) is 142 Å². The number of Topliss-reactive ketones (excluding diaryl/α,β-unsaturated/α-hetero) is 1. The summed E-state index contributed by atoms with van der Waals surface area (Å²) >= 11 is 0. The van der Waals surface area contributed by atoms with Crippen molar-refractivity contribution in [2.45, 2.75) is 90.3 Å². The van der Waals surface area contributed by atoms with Gasteiger partial charge in [0.15, 0.2) is 23.5 Å². The van der Waals surface area contributed by atoms with Gasteiger partial charge in [-0.3, -0.25) is 14.4 Å². The van der Waals surface area contributed by atoms with Gasteiger partial charge in [-0.15, -0.1) is 0 Å². The van der Waals surface area contributed by atoms with Gasteiger partial charge in [0.2, 0.25) is 5.91 Å². The van der Waals surface area contributed by atoms with E-state index in [4.69, 9.17) is 14.6 Å². The summed E-state index contributed by atoms with van der Waals surface area (Å²) in [7, 11) is 0. The molecule has 9 heteroatoms. The van der Waals surface area contributed by atoms with E-state index < -0.39 is 36.1 Å². The SMILES string of the molecule is CC(=O)Nc1cccc(O)c1.CCC[C@@H]1O[C@@H]2C[C@H]3[C@@H]4CCC5=CC(=O)C=C[C@]5(C)[C@H]4[C@@H](O)C[C@]3(C)[C@]2(C(=O)CO)O1. The molecule has 5 aliphatic rings. The Hall–Kier alpha value is -2.85. The van der Waals surface area contributed by atoms with Crippen LogP contribution < -0.4 is 5.32 Å². The van der Waals surface area contributed by atoms with Gasteiger partial charge >= 0.3 is 0 Å². The highest BCUT2D eigenvalue weighted by Crippen LogP contribution is 2.69. The minimum Gasteiger partial charge on any atom is -0.508 e. The predicted molar refractivity (Wildman–Crippen MR) is 155 cm³/mol. The monoisotopic (exact) mass is 581 g/mol. The normalized spacial score (nSPS) is 39.6. The molecular weight excluding hydrogens is 538 g/mol. The predicted octanol–water partition coefficient (Wildman–Crippen LogP) is 4.07. The maximum absolute atomic E-state index is 13.2. The van der Waals surface area contributed by atoms with E-state index in [0.717, 1.165) is 24.8 Å². The van der Waals surface area contributed by atoms with Crippen molar-refractivity contribution in [3.05, 3.63) is 48.1 Å². The number of fused-ring (bicyclic) bond motifs is 7. The maximum Gasteiger partial charge on any atom is 0.221 e. The fourth-order valence-corrected chi connectivity index (χ4v) is 8.91. The Morgan fingerprint density at radius 2 is 1.98 bits per heavy atom. The van der Waals surface area contributed by atoms with Gasteiger partial charge in [0.25, 0.3) is 0 Å². The van der Waals surface area contributed by atoms with Crippen molar-refractivity contribution in [1.29, 1.82) is 0 Å². The summed E-state index contributed by atoms with van der Waals surface area (Å²) in [5.41, 5.74) is -0.438. The molecule has 1 heterocycles. The van der Waals surface area contributed by atoms with E-state index in [1.807, 2.05) is 6.08 Å². The van der Waals surface area contributed by atoms with Gasteiger partial charge in [0.05, 0.1) is 12.2 Å². The molecule has 1 aromatic rings. The van der Waals surface area contributed by atoms with Crippen LogP contribution in [0, 0.1) is 28.6 Å². The molecule has 228 valence electrons. The van der Waals surface area contributed by atoms with E-state index in [1.54, 1.807) is 30.4 Å². The molecule has 0 unspecified atom stereocenters. The Morgan fingerprint density at radius 3 is 2.64 bits per heavy atom. The van der Waals surface area contributed by atoms with Gasteiger partial charge in [0.1, 0.15) is 12.4 Å². The first kappa shape index (κ1) is 30.6. The van der Waals surface area contributed by atoms with E-state index in [2.05, 4.69) is 26.1 Å². The molecule has 1 amide bonds. The molecule has 4 fully saturated rings. The Balaban J connectivity index is 0.000000271. The lowest BCUT2D eigenvalue weighted by Gasteiger charge is -2.59. The van der Waals surface area contributed by atoms with Crippen LogP contribution in [0.25, 0.3) is 0 Å². The number of ether oxygens (including phenoxy) is 2. The molecule has 1 aliphatic heterocycles. The largest absolute Gasteiger partial charge is 0.508 e. The van der Waals surface area contributed by atoms with Crippen molar-refractivity contribution in [3.8, 4) is 5.75 Å². The van der Waals surface area contributed by atoms with E-state index >= 15 is 0 Å². The van der Waals surface area contributed by atoms with Gasteiger partial charge in [-0.05, 0) is 68.2 Å². The molecule has 0 spiro atoms. The molecule has 1 aromatic carbocycles. The summed E-state index contributed by atoms with van der Waals surface area (Å²) in [6, 6.07) is 6.41. The van der Waals surface area contributed by atoms with E-state index in [1.165, 1.54) is 13.0 Å². The van der Waals surface area contributed by atoms with Crippen LogP contribution in [0.4, 0.5) is 5.69 Å². The lowest BCUT2D eigenvalue weighted by molar-refractivity contribution is -0.200. The first-order chi connectivity index (χ1) is 19.9. The Morgan fingerprint density at radius 1 is 1.21 bits per heavy atom. The number of hydrogen-bond acceptors (Lipinski definition) is 8. The third-order valence-electron chi connectivity index (χ3n) is 10.5. The summed E-state index contributed by atoms with van der Waals surface area (Å²) in [6.45, 7) is 7.09. The number of nitrogens with one attached hydrogen (secondary N) is 1. The van der Waals surface area contributed by atoms with Crippen LogP contribution in [0.5, 0.6) is 5.75 Å². The Kier molecular flexibility index (Phi) is 8.26. The minimum absolute atomic E-state index is 0.0125. The molecule has 9 atom stereocenters. The third kappa shape index (κ3) is 4.84. The number of phenolic OH excluding ortho intramolecular Hbond substituents is 1. The summed E-state index contributed by atoms with van der Waals surface area (Å²) in [4.78, 5) is 35.7. The first-order valence-corrected chi connectivity index (χ1v) is 15.1. The molecular formula is C33H43NO8. The van der Waals surface area contributed by atoms with Crippen LogP contribution in [0.3, 0.4) is 0 Å². The molecule has 0 aromatic heterocycles. The number of phenols is 1. The second-order valence-corrected chi connectivity index (χ2v) is 13.0. The lowest BCUT2D eigenvalue weighted by Crippen LogP contribution is -2.63. The molecule has 0 bridgehead atoms. The van der Waals surface area contributed by atoms with Crippen LogP contribution >= 0.6 is 0 Å². The van der Waals surface area contributed by atoms with Crippen molar-refractivity contribution in [3.63, 3.8) is 0 Å². The van der Waals surface area contributed by atoms with Crippen molar-refractivity contribution in [2.24, 2.45) is 28.6 Å². The van der Waals surface area contributed by atoms with E-state index in [9.17, 15) is 24.6 Å². The third-order valence-corrected chi connectivity index (χ3v) is 10.5. The fraction of sp³-hybridized carbons (Fsp3) is 0.606. The highest BCUT2D eigenvalue weighted by atomic mass is 16.7. The van der Waals surface area contributed by atoms with Crippen molar-refractivity contribution >= 4 is 23.2 Å². The summed E-state index contributed by atoms with van der Waals surface area (Å²) in [6.07, 6.45) is 8.31. The number of benzene rings is 1. The van der Waals surface area contributed by atoms with Crippen LogP contribution in [-0.4, -0.2) is 63.5 Å². The molecule has 4 N–H and O–H groups in total. The minimum atomic E-state index is -1.20. The van der Waals surface area contributed by atoms with Crippen LogP contribution in [-0.2, 0) is 23.9 Å². The van der Waals surface area contributed by atoms with Crippen molar-refractivity contribution in [1.82, 2.24) is 0 Å². The zero-order valence-corrected chi connectivity index (χ0v) is 24.8. The number of aromatic hydroxyl groups is 1. The van der Waals surface area contributed by atoms with Gasteiger partial charge in [0, 0.05) is 35.4 Å². The standard InChI is InChI=1S/C25H34O6.C8H9NO2/c1-4-5-21-30-20-11-17-16-7-6-14-10-15(27)8-9-23(14,2)22(16)18(28)12-24(17,3)25(20,31-21)19(29)13-26;1-6(10)9-7-3-2-4-8(11)5-7/h8-10,16-18,20-22,26,28H,4-7,11-13H2,1-3H3;2-5,11H,1H3,(H,9,10)/t16-,17-,18-,20+,21+,22+,23-,24-,25+;/m0./s1. The molecule has 0 radical (unpaired) electrons. The smallest absolute Gasteiger partial charge is 0.221 e. The van der Waals surface area contributed by atoms with Gasteiger partial charge in [-0.25, -0.2) is 0 Å². The number of rotatable bonds is 5. The fourth-order valence-electron chi connectivity index (χ4n) is 8.91. The molecule has 42 heavy (non-hydrogen) atoms. The average Bonchev–Trinajstić information content (AvgIpc) is 3.40. The maximum atomic E-state index is 13.2. The number of carbonyl (C=O) groups excluding carboxylic acids is 3. The van der Waals surface area contributed by atoms with Crippen LogP contribution in [0.15, 0.2) is 48.1 Å². The zero-order valence-electron chi connectivity index (χ0n) is 24.8. The molecule has 6 rings (SSSR count). The molecule has 4 aliphatic carbocycles. The number of aliphatic hydroxyl groups is 2. The van der Waals surface area contributed by atoms with Gasteiger partial charge < -0.3 is 30.1 Å². The van der Waals surface area contributed by atoms with Crippen LogP contribution in [0.2, 0.25) is 0 Å². The van der Waals surface area contributed by atoms with Gasteiger partial charge in [-0.1, -0.05) is 44.9 Å². The Labute approximate surface area is 247 Å². The Bertz CT molecular complexity index is 1310. The number of anilines is 1.